The second-order valence-corrected chi connectivity index (χ2v) is 4.14. The number of benzene rings is 1. The van der Waals surface area contributed by atoms with Gasteiger partial charge >= 0.3 is 11.7 Å². The number of thioether (sulfide) groups is 1. The lowest BCUT2D eigenvalue weighted by atomic mass is 10.3. The van der Waals surface area contributed by atoms with Gasteiger partial charge in [-0.1, -0.05) is 0 Å². The van der Waals surface area contributed by atoms with Crippen LogP contribution in [0.4, 0.5) is 5.69 Å². The smallest absolute Gasteiger partial charge is 0.322 e. The van der Waals surface area contributed by atoms with Gasteiger partial charge in [0.05, 0.1) is 4.92 Å². The van der Waals surface area contributed by atoms with E-state index in [1.165, 1.54) is 0 Å². The SMILES string of the molecule is CSc1ccc(Oc2ncc([N+](=O)[O-])cn2)cc1. The van der Waals surface area contributed by atoms with E-state index in [2.05, 4.69) is 9.97 Å². The molecule has 0 unspecified atom stereocenters. The minimum absolute atomic E-state index is 0.0810. The first kappa shape index (κ1) is 12.3. The van der Waals surface area contributed by atoms with Crippen LogP contribution >= 0.6 is 11.8 Å². The zero-order chi connectivity index (χ0) is 13.0. The highest BCUT2D eigenvalue weighted by Crippen LogP contribution is 2.22. The van der Waals surface area contributed by atoms with Gasteiger partial charge in [-0.25, -0.2) is 0 Å². The van der Waals surface area contributed by atoms with Crippen LogP contribution < -0.4 is 4.74 Å². The van der Waals surface area contributed by atoms with Gasteiger partial charge in [0.1, 0.15) is 18.1 Å². The molecule has 1 heterocycles. The molecule has 0 amide bonds. The van der Waals surface area contributed by atoms with Crippen molar-refractivity contribution < 1.29 is 9.66 Å². The Morgan fingerprint density at radius 1 is 1.22 bits per heavy atom. The van der Waals surface area contributed by atoms with Crippen molar-refractivity contribution in [1.82, 2.24) is 9.97 Å². The van der Waals surface area contributed by atoms with E-state index < -0.39 is 4.92 Å². The average molecular weight is 263 g/mol. The Bertz CT molecular complexity index is 542. The molecule has 0 radical (unpaired) electrons. The van der Waals surface area contributed by atoms with Crippen molar-refractivity contribution in [2.75, 3.05) is 6.26 Å². The van der Waals surface area contributed by atoms with E-state index in [4.69, 9.17) is 4.74 Å². The van der Waals surface area contributed by atoms with Crippen LogP contribution in [0.25, 0.3) is 0 Å². The van der Waals surface area contributed by atoms with Crippen molar-refractivity contribution in [3.05, 3.63) is 46.8 Å². The van der Waals surface area contributed by atoms with Gasteiger partial charge in [0.25, 0.3) is 0 Å². The number of rotatable bonds is 4. The Labute approximate surface area is 107 Å². The van der Waals surface area contributed by atoms with E-state index >= 15 is 0 Å². The quantitative estimate of drug-likeness (QED) is 0.479. The molecule has 0 spiro atoms. The lowest BCUT2D eigenvalue weighted by molar-refractivity contribution is -0.385. The molecule has 1 aromatic heterocycles. The van der Waals surface area contributed by atoms with Gasteiger partial charge in [-0.15, -0.1) is 11.8 Å². The highest BCUT2D eigenvalue weighted by atomic mass is 32.2. The summed E-state index contributed by atoms with van der Waals surface area (Å²) in [5.41, 5.74) is -0.167. The number of nitrogens with zero attached hydrogens (tertiary/aromatic N) is 3. The molecule has 2 aromatic rings. The summed E-state index contributed by atoms with van der Waals surface area (Å²) in [5.74, 6) is 0.585. The maximum Gasteiger partial charge on any atom is 0.322 e. The molecule has 6 nitrogen and oxygen atoms in total. The Balaban J connectivity index is 2.10. The van der Waals surface area contributed by atoms with Crippen LogP contribution in [0, 0.1) is 10.1 Å². The lowest BCUT2D eigenvalue weighted by Gasteiger charge is -2.03. The first-order valence-electron chi connectivity index (χ1n) is 4.97. The average Bonchev–Trinajstić information content (AvgIpc) is 2.40. The van der Waals surface area contributed by atoms with Crippen LogP contribution in [0.5, 0.6) is 11.8 Å². The second kappa shape index (κ2) is 5.46. The Morgan fingerprint density at radius 2 is 1.83 bits per heavy atom. The lowest BCUT2D eigenvalue weighted by Crippen LogP contribution is -1.94. The number of hydrogen-bond acceptors (Lipinski definition) is 6. The Kier molecular flexibility index (Phi) is 3.73. The predicted molar refractivity (Wildman–Crippen MR) is 67.0 cm³/mol. The van der Waals surface area contributed by atoms with Crippen molar-refractivity contribution in [2.45, 2.75) is 4.90 Å². The topological polar surface area (TPSA) is 78.2 Å². The number of aromatic nitrogens is 2. The fourth-order valence-corrected chi connectivity index (χ4v) is 1.61. The third-order valence-electron chi connectivity index (χ3n) is 2.09. The third-order valence-corrected chi connectivity index (χ3v) is 2.84. The molecule has 0 aliphatic carbocycles. The largest absolute Gasteiger partial charge is 0.424 e. The highest BCUT2D eigenvalue weighted by Gasteiger charge is 2.07. The summed E-state index contributed by atoms with van der Waals surface area (Å²) >= 11 is 1.63. The molecule has 0 saturated carbocycles. The van der Waals surface area contributed by atoms with E-state index in [1.54, 1.807) is 23.9 Å². The number of hydrogen-bond donors (Lipinski definition) is 0. The molecule has 0 atom stereocenters. The van der Waals surface area contributed by atoms with Crippen LogP contribution in [0.2, 0.25) is 0 Å². The highest BCUT2D eigenvalue weighted by molar-refractivity contribution is 7.98. The van der Waals surface area contributed by atoms with Crippen LogP contribution in [-0.2, 0) is 0 Å². The molecule has 7 heteroatoms. The molecule has 92 valence electrons. The van der Waals surface area contributed by atoms with E-state index in [0.717, 1.165) is 17.3 Å². The van der Waals surface area contributed by atoms with Gasteiger partial charge in [-0.3, -0.25) is 10.1 Å². The summed E-state index contributed by atoms with van der Waals surface area (Å²) < 4.78 is 5.36. The Hall–Kier alpha value is -2.15. The van der Waals surface area contributed by atoms with E-state index in [1.807, 2.05) is 18.4 Å². The first-order chi connectivity index (χ1) is 8.69. The molecular weight excluding hydrogens is 254 g/mol. The van der Waals surface area contributed by atoms with Gasteiger partial charge in [-0.05, 0) is 30.5 Å². The molecular formula is C11H9N3O3S. The molecule has 0 aliphatic heterocycles. The predicted octanol–water partition coefficient (Wildman–Crippen LogP) is 2.90. The summed E-state index contributed by atoms with van der Waals surface area (Å²) in [6.07, 6.45) is 4.20. The number of nitro groups is 1. The molecule has 0 saturated heterocycles. The van der Waals surface area contributed by atoms with Crippen LogP contribution in [0.3, 0.4) is 0 Å². The van der Waals surface area contributed by atoms with Crippen molar-refractivity contribution in [3.8, 4) is 11.8 Å². The summed E-state index contributed by atoms with van der Waals surface area (Å²) in [7, 11) is 0. The monoisotopic (exact) mass is 263 g/mol. The molecule has 2 rings (SSSR count). The summed E-state index contributed by atoms with van der Waals surface area (Å²) in [5, 5.41) is 10.4. The molecule has 0 bridgehead atoms. The fraction of sp³-hybridized carbons (Fsp3) is 0.0909. The summed E-state index contributed by atoms with van der Waals surface area (Å²) in [4.78, 5) is 18.5. The molecule has 0 fully saturated rings. The maximum atomic E-state index is 10.4. The van der Waals surface area contributed by atoms with Gasteiger partial charge in [-0.2, -0.15) is 9.97 Å². The zero-order valence-corrected chi connectivity index (χ0v) is 10.3. The van der Waals surface area contributed by atoms with Crippen LogP contribution in [-0.4, -0.2) is 21.1 Å². The molecule has 1 aromatic carbocycles. The van der Waals surface area contributed by atoms with E-state index in [9.17, 15) is 10.1 Å². The van der Waals surface area contributed by atoms with Crippen LogP contribution in [0.1, 0.15) is 0 Å². The third kappa shape index (κ3) is 2.95. The second-order valence-electron chi connectivity index (χ2n) is 3.26. The van der Waals surface area contributed by atoms with Crippen molar-refractivity contribution in [1.29, 1.82) is 0 Å². The van der Waals surface area contributed by atoms with Gasteiger partial charge in [0, 0.05) is 4.90 Å². The maximum absolute atomic E-state index is 10.4. The fourth-order valence-electron chi connectivity index (χ4n) is 1.21. The Morgan fingerprint density at radius 3 is 2.33 bits per heavy atom. The normalized spacial score (nSPS) is 10.1. The summed E-state index contributed by atoms with van der Waals surface area (Å²) in [6.45, 7) is 0. The molecule has 18 heavy (non-hydrogen) atoms. The van der Waals surface area contributed by atoms with Crippen molar-refractivity contribution in [3.63, 3.8) is 0 Å². The number of ether oxygens (including phenoxy) is 1. The standard InChI is InChI=1S/C11H9N3O3S/c1-18-10-4-2-9(3-5-10)17-11-12-6-8(7-13-11)14(15)16/h2-7H,1H3. The van der Waals surface area contributed by atoms with Crippen molar-refractivity contribution >= 4 is 17.4 Å². The van der Waals surface area contributed by atoms with Crippen LogP contribution in [0.15, 0.2) is 41.6 Å². The van der Waals surface area contributed by atoms with Gasteiger partial charge in [0.2, 0.25) is 0 Å². The van der Waals surface area contributed by atoms with Gasteiger partial charge in [0.15, 0.2) is 0 Å². The van der Waals surface area contributed by atoms with E-state index in [-0.39, 0.29) is 11.7 Å². The first-order valence-corrected chi connectivity index (χ1v) is 6.20. The van der Waals surface area contributed by atoms with Gasteiger partial charge < -0.3 is 4.74 Å². The zero-order valence-electron chi connectivity index (χ0n) is 9.44. The minimum atomic E-state index is -0.558. The van der Waals surface area contributed by atoms with Crippen molar-refractivity contribution in [2.24, 2.45) is 0 Å². The van der Waals surface area contributed by atoms with E-state index in [0.29, 0.717) is 5.75 Å². The molecule has 0 N–H and O–H groups in total. The summed E-state index contributed by atoms with van der Waals surface area (Å²) in [6, 6.07) is 7.47. The minimum Gasteiger partial charge on any atom is -0.424 e. The molecule has 0 aliphatic rings.